The Hall–Kier alpha value is -1.87. The zero-order valence-electron chi connectivity index (χ0n) is 14.8. The van der Waals surface area contributed by atoms with E-state index in [0.29, 0.717) is 6.54 Å². The van der Waals surface area contributed by atoms with Crippen molar-refractivity contribution >= 4 is 16.7 Å². The molecule has 3 heteroatoms. The van der Waals surface area contributed by atoms with E-state index in [2.05, 4.69) is 66.5 Å². The molecule has 1 unspecified atom stereocenters. The molecule has 1 aliphatic rings. The molecule has 1 atom stereocenters. The number of nitrogens with one attached hydrogen (secondary N) is 1. The summed E-state index contributed by atoms with van der Waals surface area (Å²) in [6, 6.07) is 14.8. The second-order valence-electron chi connectivity index (χ2n) is 7.07. The van der Waals surface area contributed by atoms with Gasteiger partial charge in [0.05, 0.1) is 12.6 Å². The second kappa shape index (κ2) is 7.80. The van der Waals surface area contributed by atoms with Crippen molar-refractivity contribution in [3.63, 3.8) is 0 Å². The number of rotatable bonds is 8. The molecule has 0 aliphatic heterocycles. The topological polar surface area (TPSA) is 32.3 Å². The van der Waals surface area contributed by atoms with Gasteiger partial charge in [0.2, 0.25) is 5.91 Å². The summed E-state index contributed by atoms with van der Waals surface area (Å²) in [6.07, 6.45) is 3.75. The average molecular weight is 324 g/mol. The van der Waals surface area contributed by atoms with Gasteiger partial charge in [0.15, 0.2) is 0 Å². The van der Waals surface area contributed by atoms with Crippen LogP contribution in [0.3, 0.4) is 0 Å². The van der Waals surface area contributed by atoms with Gasteiger partial charge < -0.3 is 5.32 Å². The number of hydrogen-bond acceptors (Lipinski definition) is 2. The second-order valence-corrected chi connectivity index (χ2v) is 7.07. The Morgan fingerprint density at radius 1 is 1.21 bits per heavy atom. The molecule has 2 aromatic carbocycles. The van der Waals surface area contributed by atoms with Gasteiger partial charge >= 0.3 is 0 Å². The lowest BCUT2D eigenvalue weighted by molar-refractivity contribution is -0.123. The van der Waals surface area contributed by atoms with Crippen LogP contribution in [0.2, 0.25) is 0 Å². The summed E-state index contributed by atoms with van der Waals surface area (Å²) >= 11 is 0. The van der Waals surface area contributed by atoms with E-state index in [1.807, 2.05) is 0 Å². The smallest absolute Gasteiger partial charge is 0.234 e. The molecule has 0 aromatic heterocycles. The summed E-state index contributed by atoms with van der Waals surface area (Å²) in [5, 5.41) is 5.62. The van der Waals surface area contributed by atoms with Crippen molar-refractivity contribution in [2.24, 2.45) is 5.92 Å². The normalized spacial score (nSPS) is 15.6. The van der Waals surface area contributed by atoms with Gasteiger partial charge in [-0.2, -0.15) is 0 Å². The van der Waals surface area contributed by atoms with E-state index in [1.54, 1.807) is 0 Å². The molecule has 0 radical (unpaired) electrons. The van der Waals surface area contributed by atoms with Crippen LogP contribution in [0.1, 0.15) is 44.7 Å². The van der Waals surface area contributed by atoms with Gasteiger partial charge in [-0.05, 0) is 61.1 Å². The van der Waals surface area contributed by atoms with Crippen molar-refractivity contribution in [1.29, 1.82) is 0 Å². The quantitative estimate of drug-likeness (QED) is 0.791. The molecule has 0 saturated heterocycles. The Morgan fingerprint density at radius 2 is 1.96 bits per heavy atom. The average Bonchev–Trinajstić information content (AvgIpc) is 3.38. The zero-order valence-corrected chi connectivity index (χ0v) is 14.8. The minimum atomic E-state index is 0.0338. The van der Waals surface area contributed by atoms with Crippen molar-refractivity contribution in [1.82, 2.24) is 10.2 Å². The summed E-state index contributed by atoms with van der Waals surface area (Å²) in [5.41, 5.74) is 1.16. The molecule has 2 aromatic rings. The predicted molar refractivity (Wildman–Crippen MR) is 100.0 cm³/mol. The number of benzene rings is 2. The van der Waals surface area contributed by atoms with Gasteiger partial charge in [-0.25, -0.2) is 0 Å². The van der Waals surface area contributed by atoms with Crippen LogP contribution < -0.4 is 5.32 Å². The van der Waals surface area contributed by atoms with E-state index in [4.69, 9.17) is 0 Å². The molecule has 1 amide bonds. The standard InChI is InChI=1S/C21H28N2O/c1-3-12-23(14-17-8-9-17)15-21(24)22-16(2)19-11-10-18-6-4-5-7-20(18)13-19/h4-7,10-11,13,16-17H,3,8-9,12,14-15H2,1-2H3,(H,22,24). The first-order chi connectivity index (χ1) is 11.7. The van der Waals surface area contributed by atoms with Gasteiger partial charge in [0, 0.05) is 6.54 Å². The van der Waals surface area contributed by atoms with Crippen LogP contribution in [0.4, 0.5) is 0 Å². The summed E-state index contributed by atoms with van der Waals surface area (Å²) < 4.78 is 0. The molecule has 0 heterocycles. The highest BCUT2D eigenvalue weighted by molar-refractivity contribution is 5.83. The lowest BCUT2D eigenvalue weighted by Gasteiger charge is -2.22. The van der Waals surface area contributed by atoms with Crippen LogP contribution in [0.5, 0.6) is 0 Å². The van der Waals surface area contributed by atoms with Gasteiger partial charge in [0.1, 0.15) is 0 Å². The molecule has 0 spiro atoms. The predicted octanol–water partition coefficient (Wildman–Crippen LogP) is 4.14. The third kappa shape index (κ3) is 4.57. The number of carbonyl (C=O) groups excluding carboxylic acids is 1. The van der Waals surface area contributed by atoms with Crippen LogP contribution in [0.15, 0.2) is 42.5 Å². The largest absolute Gasteiger partial charge is 0.348 e. The Balaban J connectivity index is 1.59. The van der Waals surface area contributed by atoms with E-state index in [9.17, 15) is 4.79 Å². The Morgan fingerprint density at radius 3 is 2.67 bits per heavy atom. The molecule has 24 heavy (non-hydrogen) atoms. The molecule has 1 fully saturated rings. The number of hydrogen-bond donors (Lipinski definition) is 1. The Bertz CT molecular complexity index is 693. The number of amides is 1. The molecule has 128 valence electrons. The van der Waals surface area contributed by atoms with E-state index >= 15 is 0 Å². The highest BCUT2D eigenvalue weighted by atomic mass is 16.2. The summed E-state index contributed by atoms with van der Waals surface area (Å²) in [7, 11) is 0. The maximum atomic E-state index is 12.4. The molecular formula is C21H28N2O. The van der Waals surface area contributed by atoms with Crippen molar-refractivity contribution in [2.75, 3.05) is 19.6 Å². The number of carbonyl (C=O) groups is 1. The fraction of sp³-hybridized carbons (Fsp3) is 0.476. The lowest BCUT2D eigenvalue weighted by Crippen LogP contribution is -2.39. The molecular weight excluding hydrogens is 296 g/mol. The van der Waals surface area contributed by atoms with Crippen molar-refractivity contribution in [3.05, 3.63) is 48.0 Å². The van der Waals surface area contributed by atoms with E-state index < -0.39 is 0 Å². The maximum absolute atomic E-state index is 12.4. The first-order valence-corrected chi connectivity index (χ1v) is 9.16. The van der Waals surface area contributed by atoms with Crippen LogP contribution in [-0.4, -0.2) is 30.4 Å². The van der Waals surface area contributed by atoms with Crippen LogP contribution in [0.25, 0.3) is 10.8 Å². The fourth-order valence-electron chi connectivity index (χ4n) is 3.27. The van der Waals surface area contributed by atoms with Crippen LogP contribution in [-0.2, 0) is 4.79 Å². The van der Waals surface area contributed by atoms with Gasteiger partial charge in [-0.15, -0.1) is 0 Å². The van der Waals surface area contributed by atoms with Gasteiger partial charge in [0.25, 0.3) is 0 Å². The minimum absolute atomic E-state index is 0.0338. The zero-order chi connectivity index (χ0) is 16.9. The summed E-state index contributed by atoms with van der Waals surface area (Å²) in [4.78, 5) is 14.7. The minimum Gasteiger partial charge on any atom is -0.348 e. The van der Waals surface area contributed by atoms with Crippen LogP contribution >= 0.6 is 0 Å². The van der Waals surface area contributed by atoms with Crippen molar-refractivity contribution in [2.45, 2.75) is 39.2 Å². The van der Waals surface area contributed by atoms with E-state index in [1.165, 1.54) is 23.6 Å². The van der Waals surface area contributed by atoms with Crippen LogP contribution in [0, 0.1) is 5.92 Å². The first-order valence-electron chi connectivity index (χ1n) is 9.16. The molecule has 0 bridgehead atoms. The molecule has 3 rings (SSSR count). The van der Waals surface area contributed by atoms with E-state index in [0.717, 1.165) is 31.0 Å². The maximum Gasteiger partial charge on any atom is 0.234 e. The van der Waals surface area contributed by atoms with Gasteiger partial charge in [-0.3, -0.25) is 9.69 Å². The summed E-state index contributed by atoms with van der Waals surface area (Å²) in [5.74, 6) is 0.951. The molecule has 1 saturated carbocycles. The summed E-state index contributed by atoms with van der Waals surface area (Å²) in [6.45, 7) is 6.84. The lowest BCUT2D eigenvalue weighted by atomic mass is 10.0. The third-order valence-corrected chi connectivity index (χ3v) is 4.77. The number of nitrogens with zero attached hydrogens (tertiary/aromatic N) is 1. The van der Waals surface area contributed by atoms with Gasteiger partial charge in [-0.1, -0.05) is 43.3 Å². The van der Waals surface area contributed by atoms with Crippen molar-refractivity contribution < 1.29 is 4.79 Å². The number of fused-ring (bicyclic) bond motifs is 1. The van der Waals surface area contributed by atoms with E-state index in [-0.39, 0.29) is 11.9 Å². The fourth-order valence-corrected chi connectivity index (χ4v) is 3.27. The molecule has 1 aliphatic carbocycles. The Labute approximate surface area is 145 Å². The molecule has 1 N–H and O–H groups in total. The third-order valence-electron chi connectivity index (χ3n) is 4.77. The highest BCUT2D eigenvalue weighted by Crippen LogP contribution is 2.29. The van der Waals surface area contributed by atoms with Crippen molar-refractivity contribution in [3.8, 4) is 0 Å². The monoisotopic (exact) mass is 324 g/mol. The Kier molecular flexibility index (Phi) is 5.52. The molecule has 3 nitrogen and oxygen atoms in total. The SMILES string of the molecule is CCCN(CC(=O)NC(C)c1ccc2ccccc2c1)CC1CC1. The first kappa shape index (κ1) is 17.0. The highest BCUT2D eigenvalue weighted by Gasteiger charge is 2.25.